The molecular formula is C17H18F3N3O. The quantitative estimate of drug-likeness (QED) is 0.875. The molecule has 0 radical (unpaired) electrons. The molecule has 1 saturated heterocycles. The molecule has 1 aromatic heterocycles. The van der Waals surface area contributed by atoms with Gasteiger partial charge >= 0.3 is 6.18 Å². The number of carbonyl (C=O) groups is 1. The molecule has 0 aliphatic carbocycles. The number of rotatable bonds is 3. The van der Waals surface area contributed by atoms with Crippen LogP contribution in [-0.2, 0) is 11.0 Å². The Hall–Kier alpha value is -2.31. The van der Waals surface area contributed by atoms with E-state index in [-0.39, 0.29) is 11.6 Å². The van der Waals surface area contributed by atoms with Crippen molar-refractivity contribution in [2.45, 2.75) is 25.6 Å². The van der Waals surface area contributed by atoms with Crippen LogP contribution in [0, 0.1) is 5.92 Å². The number of fused-ring (bicyclic) bond motifs is 1. The molecule has 1 aliphatic heterocycles. The number of halogens is 3. The number of piperidine rings is 1. The van der Waals surface area contributed by atoms with Crippen LogP contribution < -0.4 is 10.2 Å². The number of hydrogen-bond acceptors (Lipinski definition) is 3. The van der Waals surface area contributed by atoms with E-state index >= 15 is 0 Å². The van der Waals surface area contributed by atoms with E-state index in [1.165, 1.54) is 12.3 Å². The van der Waals surface area contributed by atoms with Gasteiger partial charge in [-0.15, -0.1) is 0 Å². The molecular weight excluding hydrogens is 319 g/mol. The molecule has 7 heteroatoms. The van der Waals surface area contributed by atoms with Gasteiger partial charge in [-0.1, -0.05) is 6.92 Å². The van der Waals surface area contributed by atoms with Crippen molar-refractivity contribution in [1.29, 1.82) is 0 Å². The number of nitrogens with zero attached hydrogens (tertiary/aromatic N) is 2. The standard InChI is InChI=1S/C17H18F3N3O/c1-11-7-12(22-10-24)9-23(8-11)15-5-4-14(17(18,19)20)16-13(15)3-2-6-21-16/h2-6,10-12H,7-9H2,1H3,(H,22,24). The monoisotopic (exact) mass is 337 g/mol. The van der Waals surface area contributed by atoms with E-state index in [1.54, 1.807) is 12.1 Å². The molecule has 1 N–H and O–H groups in total. The summed E-state index contributed by atoms with van der Waals surface area (Å²) >= 11 is 0. The summed E-state index contributed by atoms with van der Waals surface area (Å²) in [5.41, 5.74) is -0.0505. The van der Waals surface area contributed by atoms with Crippen molar-refractivity contribution < 1.29 is 18.0 Å². The van der Waals surface area contributed by atoms with Gasteiger partial charge in [-0.3, -0.25) is 9.78 Å². The molecule has 1 amide bonds. The van der Waals surface area contributed by atoms with Crippen LogP contribution in [0.15, 0.2) is 30.5 Å². The zero-order chi connectivity index (χ0) is 17.3. The molecule has 2 heterocycles. The molecule has 4 nitrogen and oxygen atoms in total. The van der Waals surface area contributed by atoms with Gasteiger partial charge in [0.1, 0.15) is 0 Å². The van der Waals surface area contributed by atoms with Crippen LogP contribution in [0.2, 0.25) is 0 Å². The summed E-state index contributed by atoms with van der Waals surface area (Å²) in [5.74, 6) is 0.324. The second-order valence-corrected chi connectivity index (χ2v) is 6.26. The normalized spacial score (nSPS) is 21.8. The number of alkyl halides is 3. The fraction of sp³-hybridized carbons (Fsp3) is 0.412. The average Bonchev–Trinajstić information content (AvgIpc) is 2.52. The van der Waals surface area contributed by atoms with E-state index in [4.69, 9.17) is 0 Å². The third-order valence-corrected chi connectivity index (χ3v) is 4.36. The van der Waals surface area contributed by atoms with Gasteiger partial charge in [0.2, 0.25) is 6.41 Å². The number of carbonyl (C=O) groups excluding carboxylic acids is 1. The van der Waals surface area contributed by atoms with Crippen molar-refractivity contribution in [3.05, 3.63) is 36.0 Å². The van der Waals surface area contributed by atoms with Crippen molar-refractivity contribution in [2.75, 3.05) is 18.0 Å². The summed E-state index contributed by atoms with van der Waals surface area (Å²) < 4.78 is 39.6. The largest absolute Gasteiger partial charge is 0.418 e. The van der Waals surface area contributed by atoms with Crippen LogP contribution in [0.25, 0.3) is 10.9 Å². The maximum absolute atomic E-state index is 13.2. The third-order valence-electron chi connectivity index (χ3n) is 4.36. The highest BCUT2D eigenvalue weighted by Crippen LogP contribution is 2.38. The van der Waals surface area contributed by atoms with Crippen molar-refractivity contribution >= 4 is 23.0 Å². The summed E-state index contributed by atoms with van der Waals surface area (Å²) in [4.78, 5) is 16.7. The Bertz CT molecular complexity index is 747. The topological polar surface area (TPSA) is 45.2 Å². The lowest BCUT2D eigenvalue weighted by Gasteiger charge is -2.38. The van der Waals surface area contributed by atoms with Crippen molar-refractivity contribution in [1.82, 2.24) is 10.3 Å². The fourth-order valence-electron chi connectivity index (χ4n) is 3.43. The number of benzene rings is 1. The zero-order valence-corrected chi connectivity index (χ0v) is 13.2. The average molecular weight is 337 g/mol. The summed E-state index contributed by atoms with van der Waals surface area (Å²) in [7, 11) is 0. The van der Waals surface area contributed by atoms with Gasteiger partial charge in [-0.05, 0) is 36.6 Å². The summed E-state index contributed by atoms with van der Waals surface area (Å²) in [6, 6.07) is 5.88. The SMILES string of the molecule is CC1CC(NC=O)CN(c2ccc(C(F)(F)F)c3ncccc23)C1. The van der Waals surface area contributed by atoms with E-state index in [2.05, 4.69) is 17.2 Å². The Labute approximate surface area is 137 Å². The van der Waals surface area contributed by atoms with Gasteiger partial charge in [-0.2, -0.15) is 13.2 Å². The molecule has 0 spiro atoms. The van der Waals surface area contributed by atoms with Gasteiger partial charge in [0.05, 0.1) is 11.1 Å². The molecule has 0 bridgehead atoms. The first-order chi connectivity index (χ1) is 11.4. The van der Waals surface area contributed by atoms with Crippen LogP contribution >= 0.6 is 0 Å². The van der Waals surface area contributed by atoms with E-state index in [9.17, 15) is 18.0 Å². The molecule has 2 unspecified atom stereocenters. The van der Waals surface area contributed by atoms with Gasteiger partial charge in [-0.25, -0.2) is 0 Å². The van der Waals surface area contributed by atoms with Crippen LogP contribution in [0.5, 0.6) is 0 Å². The number of pyridine rings is 1. The smallest absolute Gasteiger partial charge is 0.369 e. The van der Waals surface area contributed by atoms with E-state index in [0.717, 1.165) is 24.7 Å². The molecule has 3 rings (SSSR count). The molecule has 1 aromatic carbocycles. The van der Waals surface area contributed by atoms with E-state index in [0.29, 0.717) is 24.3 Å². The Morgan fingerprint density at radius 3 is 2.79 bits per heavy atom. The highest BCUT2D eigenvalue weighted by molar-refractivity contribution is 5.94. The number of hydrogen-bond donors (Lipinski definition) is 1. The molecule has 0 saturated carbocycles. The lowest BCUT2D eigenvalue weighted by atomic mass is 9.94. The molecule has 2 aromatic rings. The highest BCUT2D eigenvalue weighted by Gasteiger charge is 2.34. The van der Waals surface area contributed by atoms with E-state index in [1.807, 2.05) is 4.90 Å². The lowest BCUT2D eigenvalue weighted by molar-refractivity contribution is -0.136. The number of amides is 1. The van der Waals surface area contributed by atoms with Gasteiger partial charge < -0.3 is 10.2 Å². The van der Waals surface area contributed by atoms with Crippen molar-refractivity contribution in [3.8, 4) is 0 Å². The number of anilines is 1. The maximum Gasteiger partial charge on any atom is 0.418 e. The van der Waals surface area contributed by atoms with Crippen LogP contribution in [0.3, 0.4) is 0 Å². The summed E-state index contributed by atoms with van der Waals surface area (Å²) in [6.07, 6.45) is -1.54. The first-order valence-corrected chi connectivity index (χ1v) is 7.79. The fourth-order valence-corrected chi connectivity index (χ4v) is 3.43. The van der Waals surface area contributed by atoms with Crippen LogP contribution in [0.1, 0.15) is 18.9 Å². The minimum Gasteiger partial charge on any atom is -0.369 e. The summed E-state index contributed by atoms with van der Waals surface area (Å²) in [6.45, 7) is 3.36. The Balaban J connectivity index is 2.05. The predicted molar refractivity (Wildman–Crippen MR) is 85.7 cm³/mol. The maximum atomic E-state index is 13.2. The first-order valence-electron chi connectivity index (χ1n) is 7.79. The van der Waals surface area contributed by atoms with Crippen molar-refractivity contribution in [3.63, 3.8) is 0 Å². The number of nitrogens with one attached hydrogen (secondary N) is 1. The summed E-state index contributed by atoms with van der Waals surface area (Å²) in [5, 5.41) is 3.26. The van der Waals surface area contributed by atoms with E-state index < -0.39 is 11.7 Å². The van der Waals surface area contributed by atoms with Crippen molar-refractivity contribution in [2.24, 2.45) is 5.92 Å². The molecule has 2 atom stereocenters. The minimum atomic E-state index is -4.44. The minimum absolute atomic E-state index is 0.0136. The lowest BCUT2D eigenvalue weighted by Crippen LogP contribution is -2.48. The van der Waals surface area contributed by atoms with Crippen LogP contribution in [-0.4, -0.2) is 30.5 Å². The van der Waals surface area contributed by atoms with Gasteiger partial charge in [0.15, 0.2) is 0 Å². The second-order valence-electron chi connectivity index (χ2n) is 6.26. The van der Waals surface area contributed by atoms with Gasteiger partial charge in [0.25, 0.3) is 0 Å². The Morgan fingerprint density at radius 2 is 2.08 bits per heavy atom. The Kier molecular flexibility index (Phi) is 4.34. The second kappa shape index (κ2) is 6.30. The van der Waals surface area contributed by atoms with Gasteiger partial charge in [0, 0.05) is 36.4 Å². The highest BCUT2D eigenvalue weighted by atomic mass is 19.4. The molecule has 1 aliphatic rings. The molecule has 128 valence electrons. The third kappa shape index (κ3) is 3.16. The predicted octanol–water partition coefficient (Wildman–Crippen LogP) is 3.21. The number of aromatic nitrogens is 1. The van der Waals surface area contributed by atoms with Crippen LogP contribution in [0.4, 0.5) is 18.9 Å². The zero-order valence-electron chi connectivity index (χ0n) is 13.2. The molecule has 1 fully saturated rings. The molecule has 24 heavy (non-hydrogen) atoms. The first kappa shape index (κ1) is 16.5. The Morgan fingerprint density at radius 1 is 1.29 bits per heavy atom.